The standard InChI is InChI=1S/C18H29N3O/c1-12(2)20-16(19)11-18(3,4)8-7-13-5-6-14-10-17(22)21-15(14)9-13/h5-6,9,12,16,20H,7-8,10-11,19H2,1-4H3,(H,21,22). The van der Waals surface area contributed by atoms with Gasteiger partial charge in [-0.2, -0.15) is 0 Å². The number of rotatable bonds is 7. The molecule has 2 rings (SSSR count). The molecular formula is C18H29N3O. The second kappa shape index (κ2) is 6.80. The van der Waals surface area contributed by atoms with Crippen LogP contribution in [-0.4, -0.2) is 18.1 Å². The highest BCUT2D eigenvalue weighted by atomic mass is 16.1. The first kappa shape index (κ1) is 17.0. The lowest BCUT2D eigenvalue weighted by atomic mass is 9.82. The minimum absolute atomic E-state index is 0.0364. The average Bonchev–Trinajstić information content (AvgIpc) is 2.73. The van der Waals surface area contributed by atoms with Crippen molar-refractivity contribution in [2.45, 2.75) is 65.6 Å². The Morgan fingerprint density at radius 1 is 1.36 bits per heavy atom. The molecule has 0 saturated carbocycles. The molecule has 4 nitrogen and oxygen atoms in total. The number of benzene rings is 1. The molecule has 1 atom stereocenters. The third-order valence-corrected chi connectivity index (χ3v) is 4.21. The number of anilines is 1. The van der Waals surface area contributed by atoms with E-state index in [2.05, 4.69) is 56.5 Å². The van der Waals surface area contributed by atoms with Crippen molar-refractivity contribution in [1.29, 1.82) is 0 Å². The van der Waals surface area contributed by atoms with E-state index >= 15 is 0 Å². The van der Waals surface area contributed by atoms with Crippen molar-refractivity contribution in [3.05, 3.63) is 29.3 Å². The van der Waals surface area contributed by atoms with Gasteiger partial charge in [-0.3, -0.25) is 10.1 Å². The summed E-state index contributed by atoms with van der Waals surface area (Å²) in [4.78, 5) is 11.4. The molecule has 1 unspecified atom stereocenters. The summed E-state index contributed by atoms with van der Waals surface area (Å²) in [7, 11) is 0. The van der Waals surface area contributed by atoms with Crippen LogP contribution in [0.5, 0.6) is 0 Å². The summed E-state index contributed by atoms with van der Waals surface area (Å²) < 4.78 is 0. The largest absolute Gasteiger partial charge is 0.326 e. The summed E-state index contributed by atoms with van der Waals surface area (Å²) in [5.74, 6) is 0.0956. The van der Waals surface area contributed by atoms with Crippen LogP contribution in [0.2, 0.25) is 0 Å². The highest BCUT2D eigenvalue weighted by molar-refractivity contribution is 5.99. The maximum atomic E-state index is 11.4. The highest BCUT2D eigenvalue weighted by Crippen LogP contribution is 2.30. The van der Waals surface area contributed by atoms with E-state index in [0.717, 1.165) is 30.5 Å². The molecule has 0 spiro atoms. The minimum Gasteiger partial charge on any atom is -0.326 e. The number of amides is 1. The Balaban J connectivity index is 1.89. The lowest BCUT2D eigenvalue weighted by Gasteiger charge is -2.29. The molecule has 122 valence electrons. The summed E-state index contributed by atoms with van der Waals surface area (Å²) in [5, 5.41) is 6.29. The normalized spacial score (nSPS) is 15.8. The van der Waals surface area contributed by atoms with E-state index in [4.69, 9.17) is 5.73 Å². The maximum absolute atomic E-state index is 11.4. The minimum atomic E-state index is 0.0364. The number of fused-ring (bicyclic) bond motifs is 1. The Kier molecular flexibility index (Phi) is 5.24. The summed E-state index contributed by atoms with van der Waals surface area (Å²) in [6.45, 7) is 8.77. The zero-order valence-electron chi connectivity index (χ0n) is 14.2. The van der Waals surface area contributed by atoms with Gasteiger partial charge in [0.25, 0.3) is 0 Å². The molecule has 0 fully saturated rings. The van der Waals surface area contributed by atoms with Crippen molar-refractivity contribution in [3.63, 3.8) is 0 Å². The fourth-order valence-electron chi connectivity index (χ4n) is 3.08. The molecule has 22 heavy (non-hydrogen) atoms. The topological polar surface area (TPSA) is 67.2 Å². The summed E-state index contributed by atoms with van der Waals surface area (Å²) >= 11 is 0. The van der Waals surface area contributed by atoms with E-state index in [9.17, 15) is 4.79 Å². The first-order valence-electron chi connectivity index (χ1n) is 8.18. The van der Waals surface area contributed by atoms with Crippen LogP contribution >= 0.6 is 0 Å². The monoisotopic (exact) mass is 303 g/mol. The van der Waals surface area contributed by atoms with Gasteiger partial charge in [0.1, 0.15) is 0 Å². The zero-order chi connectivity index (χ0) is 16.3. The molecule has 1 aliphatic heterocycles. The Bertz CT molecular complexity index is 537. The van der Waals surface area contributed by atoms with Crippen LogP contribution in [0.25, 0.3) is 0 Å². The van der Waals surface area contributed by atoms with Gasteiger partial charge in [-0.05, 0) is 55.7 Å². The van der Waals surface area contributed by atoms with Crippen molar-refractivity contribution in [1.82, 2.24) is 5.32 Å². The Morgan fingerprint density at radius 3 is 2.77 bits per heavy atom. The van der Waals surface area contributed by atoms with Crippen LogP contribution in [-0.2, 0) is 17.6 Å². The average molecular weight is 303 g/mol. The second-order valence-corrected chi connectivity index (χ2v) is 7.51. The number of nitrogens with two attached hydrogens (primary N) is 1. The van der Waals surface area contributed by atoms with Gasteiger partial charge in [0.15, 0.2) is 0 Å². The molecule has 1 aliphatic rings. The number of aryl methyl sites for hydroxylation is 1. The van der Waals surface area contributed by atoms with E-state index in [-0.39, 0.29) is 17.5 Å². The molecular weight excluding hydrogens is 274 g/mol. The predicted molar refractivity (Wildman–Crippen MR) is 91.7 cm³/mol. The van der Waals surface area contributed by atoms with Crippen LogP contribution in [0.1, 0.15) is 51.7 Å². The number of nitrogens with one attached hydrogen (secondary N) is 2. The third-order valence-electron chi connectivity index (χ3n) is 4.21. The SMILES string of the molecule is CC(C)NC(N)CC(C)(C)CCc1ccc2c(c1)NC(=O)C2. The van der Waals surface area contributed by atoms with Crippen LogP contribution in [0.15, 0.2) is 18.2 Å². The van der Waals surface area contributed by atoms with Crippen LogP contribution in [0.3, 0.4) is 0 Å². The summed E-state index contributed by atoms with van der Waals surface area (Å²) in [5.41, 5.74) is 9.71. The van der Waals surface area contributed by atoms with E-state index in [0.29, 0.717) is 12.5 Å². The van der Waals surface area contributed by atoms with Crippen molar-refractivity contribution in [2.75, 3.05) is 5.32 Å². The van der Waals surface area contributed by atoms with Gasteiger partial charge in [-0.25, -0.2) is 0 Å². The van der Waals surface area contributed by atoms with Gasteiger partial charge in [-0.15, -0.1) is 0 Å². The van der Waals surface area contributed by atoms with E-state index < -0.39 is 0 Å². The molecule has 4 N–H and O–H groups in total. The number of carbonyl (C=O) groups excluding carboxylic acids is 1. The predicted octanol–water partition coefficient (Wildman–Crippen LogP) is 2.81. The van der Waals surface area contributed by atoms with Gasteiger partial charge in [0, 0.05) is 11.7 Å². The fraction of sp³-hybridized carbons (Fsp3) is 0.611. The van der Waals surface area contributed by atoms with Crippen molar-refractivity contribution >= 4 is 11.6 Å². The van der Waals surface area contributed by atoms with Crippen molar-refractivity contribution in [3.8, 4) is 0 Å². The highest BCUT2D eigenvalue weighted by Gasteiger charge is 2.22. The molecule has 1 amide bonds. The molecule has 0 aliphatic carbocycles. The molecule has 1 heterocycles. The van der Waals surface area contributed by atoms with E-state index in [1.807, 2.05) is 0 Å². The molecule has 0 radical (unpaired) electrons. The number of hydrogen-bond acceptors (Lipinski definition) is 3. The molecule has 1 aromatic carbocycles. The number of carbonyl (C=O) groups is 1. The fourth-order valence-corrected chi connectivity index (χ4v) is 3.08. The first-order valence-corrected chi connectivity index (χ1v) is 8.18. The lowest BCUT2D eigenvalue weighted by Crippen LogP contribution is -2.44. The number of hydrogen-bond donors (Lipinski definition) is 3. The van der Waals surface area contributed by atoms with Gasteiger partial charge < -0.3 is 11.1 Å². The van der Waals surface area contributed by atoms with Crippen LogP contribution in [0.4, 0.5) is 5.69 Å². The Hall–Kier alpha value is -1.39. The van der Waals surface area contributed by atoms with Crippen molar-refractivity contribution in [2.24, 2.45) is 11.1 Å². The molecule has 0 bridgehead atoms. The quantitative estimate of drug-likeness (QED) is 0.679. The molecule has 4 heteroatoms. The first-order chi connectivity index (χ1) is 10.2. The maximum Gasteiger partial charge on any atom is 0.228 e. The van der Waals surface area contributed by atoms with Crippen molar-refractivity contribution < 1.29 is 4.79 Å². The van der Waals surface area contributed by atoms with E-state index in [1.165, 1.54) is 5.56 Å². The second-order valence-electron chi connectivity index (χ2n) is 7.51. The Labute approximate surface area is 133 Å². The zero-order valence-corrected chi connectivity index (χ0v) is 14.2. The van der Waals surface area contributed by atoms with Crippen LogP contribution < -0.4 is 16.4 Å². The lowest BCUT2D eigenvalue weighted by molar-refractivity contribution is -0.115. The van der Waals surface area contributed by atoms with Gasteiger partial charge in [0.05, 0.1) is 12.6 Å². The molecule has 0 aromatic heterocycles. The third kappa shape index (κ3) is 4.82. The van der Waals surface area contributed by atoms with Gasteiger partial charge in [-0.1, -0.05) is 26.0 Å². The van der Waals surface area contributed by atoms with Crippen LogP contribution in [0, 0.1) is 5.41 Å². The van der Waals surface area contributed by atoms with E-state index in [1.54, 1.807) is 0 Å². The molecule has 0 saturated heterocycles. The molecule has 1 aromatic rings. The Morgan fingerprint density at radius 2 is 2.09 bits per heavy atom. The van der Waals surface area contributed by atoms with Gasteiger partial charge >= 0.3 is 0 Å². The van der Waals surface area contributed by atoms with Gasteiger partial charge in [0.2, 0.25) is 5.91 Å². The smallest absolute Gasteiger partial charge is 0.228 e. The summed E-state index contributed by atoms with van der Waals surface area (Å²) in [6, 6.07) is 6.73. The summed E-state index contributed by atoms with van der Waals surface area (Å²) in [6.07, 6.45) is 3.58.